The molecule has 2 heterocycles. The molecule has 0 radical (unpaired) electrons. The highest BCUT2D eigenvalue weighted by molar-refractivity contribution is 8.00. The largest absolute Gasteiger partial charge is 0.394 e. The molecule has 13 heteroatoms. The van der Waals surface area contributed by atoms with Gasteiger partial charge in [0.15, 0.2) is 0 Å². The second-order valence-corrected chi connectivity index (χ2v) is 11.7. The third kappa shape index (κ3) is 10.8. The first-order valence-electron chi connectivity index (χ1n) is 13.9. The van der Waals surface area contributed by atoms with E-state index >= 15 is 0 Å². The molecule has 2 aliphatic heterocycles. The van der Waals surface area contributed by atoms with E-state index in [-0.39, 0.29) is 107 Å². The Morgan fingerprint density at radius 3 is 2.10 bits per heavy atom. The van der Waals surface area contributed by atoms with Crippen LogP contribution in [0.3, 0.4) is 0 Å². The zero-order valence-corrected chi connectivity index (χ0v) is 25.1. The molecular formula is C27H44N4O8S. The summed E-state index contributed by atoms with van der Waals surface area (Å²) in [5, 5.41) is 6.23. The Balaban J connectivity index is 1.52. The van der Waals surface area contributed by atoms with Crippen LogP contribution in [0.4, 0.5) is 0 Å². The van der Waals surface area contributed by atoms with Gasteiger partial charge < -0.3 is 19.6 Å². The molecule has 0 bridgehead atoms. The molecule has 2 fully saturated rings. The highest BCUT2D eigenvalue weighted by Gasteiger charge is 2.40. The molecule has 226 valence electrons. The number of imide groups is 2. The van der Waals surface area contributed by atoms with E-state index < -0.39 is 5.25 Å². The lowest BCUT2D eigenvalue weighted by Crippen LogP contribution is -2.35. The van der Waals surface area contributed by atoms with Crippen LogP contribution in [0, 0.1) is 17.8 Å². The van der Waals surface area contributed by atoms with Crippen LogP contribution < -0.4 is 5.32 Å². The van der Waals surface area contributed by atoms with E-state index in [2.05, 4.69) is 10.5 Å². The number of nitrogens with one attached hydrogen (secondary N) is 1. The van der Waals surface area contributed by atoms with Crippen molar-refractivity contribution >= 4 is 47.0 Å². The van der Waals surface area contributed by atoms with Crippen molar-refractivity contribution in [3.8, 4) is 0 Å². The van der Waals surface area contributed by atoms with E-state index in [0.29, 0.717) is 18.2 Å². The van der Waals surface area contributed by atoms with Gasteiger partial charge >= 0.3 is 0 Å². The Labute approximate surface area is 240 Å². The summed E-state index contributed by atoms with van der Waals surface area (Å²) in [6.07, 6.45) is 0.603. The van der Waals surface area contributed by atoms with Crippen molar-refractivity contribution in [2.45, 2.75) is 59.1 Å². The lowest BCUT2D eigenvalue weighted by molar-refractivity contribution is -0.142. The summed E-state index contributed by atoms with van der Waals surface area (Å²) in [7, 11) is 0. The maximum Gasteiger partial charge on any atom is 0.242 e. The van der Waals surface area contributed by atoms with Gasteiger partial charge in [0, 0.05) is 30.9 Å². The third-order valence-corrected chi connectivity index (χ3v) is 7.99. The molecule has 2 atom stereocenters. The molecule has 0 aromatic carbocycles. The van der Waals surface area contributed by atoms with E-state index in [9.17, 15) is 24.0 Å². The van der Waals surface area contributed by atoms with Crippen molar-refractivity contribution in [2.24, 2.45) is 22.9 Å². The summed E-state index contributed by atoms with van der Waals surface area (Å²) in [6.45, 7) is 11.7. The smallest absolute Gasteiger partial charge is 0.242 e. The third-order valence-electron chi connectivity index (χ3n) is 6.78. The number of oxime groups is 1. The maximum atomic E-state index is 12.6. The molecule has 0 aromatic heterocycles. The van der Waals surface area contributed by atoms with Gasteiger partial charge in [-0.25, -0.2) is 0 Å². The fourth-order valence-electron chi connectivity index (χ4n) is 3.99. The summed E-state index contributed by atoms with van der Waals surface area (Å²) in [6, 6.07) is 0. The molecule has 2 unspecified atom stereocenters. The standard InChI is InChI=1S/C27H44N4O8S/c1-18(2)20(5)29-39-10-7-28-23(32)6-15-40-22-17-25(34)31(27(22)36)9-12-38-14-13-37-11-8-30-24(33)16-21(19(3)4)26(30)35/h18-19,21-22H,6-17H2,1-5H3,(H,28,32)/b29-20+. The predicted molar refractivity (Wildman–Crippen MR) is 150 cm³/mol. The first-order valence-corrected chi connectivity index (χ1v) is 15.0. The van der Waals surface area contributed by atoms with E-state index in [0.717, 1.165) is 5.71 Å². The van der Waals surface area contributed by atoms with Gasteiger partial charge in [0.2, 0.25) is 29.5 Å². The van der Waals surface area contributed by atoms with Gasteiger partial charge in [-0.2, -0.15) is 0 Å². The number of hydrogen-bond acceptors (Lipinski definition) is 10. The Morgan fingerprint density at radius 1 is 0.925 bits per heavy atom. The van der Waals surface area contributed by atoms with E-state index in [1.165, 1.54) is 21.6 Å². The van der Waals surface area contributed by atoms with Crippen molar-refractivity contribution in [3.05, 3.63) is 0 Å². The number of nitrogens with zero attached hydrogens (tertiary/aromatic N) is 3. The minimum atomic E-state index is -0.494. The molecule has 0 spiro atoms. The van der Waals surface area contributed by atoms with Gasteiger partial charge in [-0.1, -0.05) is 32.9 Å². The van der Waals surface area contributed by atoms with E-state index in [4.69, 9.17) is 14.3 Å². The average molecular weight is 585 g/mol. The second-order valence-electron chi connectivity index (χ2n) is 10.4. The first kappa shape index (κ1) is 33.7. The number of carbonyl (C=O) groups excluding carboxylic acids is 5. The highest BCUT2D eigenvalue weighted by atomic mass is 32.2. The molecular weight excluding hydrogens is 540 g/mol. The van der Waals surface area contributed by atoms with E-state index in [1.807, 2.05) is 34.6 Å². The van der Waals surface area contributed by atoms with Crippen molar-refractivity contribution in [1.82, 2.24) is 15.1 Å². The molecule has 2 rings (SSSR count). The molecule has 40 heavy (non-hydrogen) atoms. The maximum absolute atomic E-state index is 12.6. The SMILES string of the molecule is C/C(=N\OCCNC(=O)CCSC1CC(=O)N(CCOCCOCCN2C(=O)CC(C(C)C)C2=O)C1=O)C(C)C. The number of likely N-dealkylation sites (tertiary alicyclic amines) is 2. The highest BCUT2D eigenvalue weighted by Crippen LogP contribution is 2.26. The molecule has 5 amide bonds. The number of ether oxygens (including phenoxy) is 2. The van der Waals surface area contributed by atoms with Crippen molar-refractivity contribution < 1.29 is 38.3 Å². The van der Waals surface area contributed by atoms with Crippen molar-refractivity contribution in [1.29, 1.82) is 0 Å². The molecule has 2 aliphatic rings. The number of rotatable bonds is 19. The van der Waals surface area contributed by atoms with Crippen molar-refractivity contribution in [3.63, 3.8) is 0 Å². The average Bonchev–Trinajstić information content (AvgIpc) is 3.34. The summed E-state index contributed by atoms with van der Waals surface area (Å²) < 4.78 is 11.0. The number of amides is 5. The first-order chi connectivity index (χ1) is 19.0. The quantitative estimate of drug-likeness (QED) is 0.103. The van der Waals surface area contributed by atoms with Gasteiger partial charge in [0.25, 0.3) is 0 Å². The van der Waals surface area contributed by atoms with Gasteiger partial charge in [-0.15, -0.1) is 11.8 Å². The molecule has 0 aliphatic carbocycles. The molecule has 12 nitrogen and oxygen atoms in total. The zero-order chi connectivity index (χ0) is 29.7. The molecule has 1 N–H and O–H groups in total. The molecule has 0 aromatic rings. The lowest BCUT2D eigenvalue weighted by atomic mass is 9.94. The Bertz CT molecular complexity index is 926. The van der Waals surface area contributed by atoms with Crippen LogP contribution in [0.2, 0.25) is 0 Å². The van der Waals surface area contributed by atoms with Crippen LogP contribution in [0.15, 0.2) is 5.16 Å². The Kier molecular flexibility index (Phi) is 14.6. The Morgan fingerprint density at radius 2 is 1.52 bits per heavy atom. The van der Waals surface area contributed by atoms with Gasteiger partial charge in [-0.3, -0.25) is 33.8 Å². The fraction of sp³-hybridized carbons (Fsp3) is 0.778. The normalized spacial score (nSPS) is 20.0. The lowest BCUT2D eigenvalue weighted by Gasteiger charge is -2.17. The van der Waals surface area contributed by atoms with Crippen LogP contribution in [0.25, 0.3) is 0 Å². The van der Waals surface area contributed by atoms with Gasteiger partial charge in [-0.05, 0) is 18.8 Å². The molecule has 0 saturated carbocycles. The molecule has 2 saturated heterocycles. The predicted octanol–water partition coefficient (Wildman–Crippen LogP) is 1.47. The van der Waals surface area contributed by atoms with Crippen molar-refractivity contribution in [2.75, 3.05) is 58.4 Å². The monoisotopic (exact) mass is 584 g/mol. The van der Waals surface area contributed by atoms with Crippen LogP contribution in [0.5, 0.6) is 0 Å². The van der Waals surface area contributed by atoms with Crippen LogP contribution >= 0.6 is 11.8 Å². The van der Waals surface area contributed by atoms with Crippen LogP contribution in [0.1, 0.15) is 53.9 Å². The Hall–Kier alpha value is -2.51. The number of thioether (sulfide) groups is 1. The number of hydrogen-bond donors (Lipinski definition) is 1. The minimum absolute atomic E-state index is 0.112. The topological polar surface area (TPSA) is 144 Å². The summed E-state index contributed by atoms with van der Waals surface area (Å²) in [5.41, 5.74) is 0.885. The minimum Gasteiger partial charge on any atom is -0.394 e. The summed E-state index contributed by atoms with van der Waals surface area (Å²) in [5.74, 6) is -0.353. The summed E-state index contributed by atoms with van der Waals surface area (Å²) in [4.78, 5) is 68.8. The van der Waals surface area contributed by atoms with Crippen LogP contribution in [-0.2, 0) is 38.3 Å². The summed E-state index contributed by atoms with van der Waals surface area (Å²) >= 11 is 1.31. The van der Waals surface area contributed by atoms with Crippen LogP contribution in [-0.4, -0.2) is 109 Å². The van der Waals surface area contributed by atoms with E-state index in [1.54, 1.807) is 0 Å². The van der Waals surface area contributed by atoms with Gasteiger partial charge in [0.05, 0.1) is 57.0 Å². The van der Waals surface area contributed by atoms with Gasteiger partial charge in [0.1, 0.15) is 6.61 Å². The second kappa shape index (κ2) is 17.3. The fourth-order valence-corrected chi connectivity index (χ4v) is 5.11. The zero-order valence-electron chi connectivity index (χ0n) is 24.3. The number of carbonyl (C=O) groups is 5.